The van der Waals surface area contributed by atoms with E-state index in [0.29, 0.717) is 24.3 Å². The number of amides is 1. The molecule has 0 saturated carbocycles. The van der Waals surface area contributed by atoms with Crippen LogP contribution in [0.4, 0.5) is 5.82 Å². The Kier molecular flexibility index (Phi) is 2.73. The zero-order valence-electron chi connectivity index (χ0n) is 8.95. The molecule has 2 N–H and O–H groups in total. The number of pyridine rings is 1. The van der Waals surface area contributed by atoms with E-state index in [0.717, 1.165) is 5.69 Å². The summed E-state index contributed by atoms with van der Waals surface area (Å²) in [6, 6.07) is 5.56. The topological polar surface area (TPSA) is 77.8 Å². The van der Waals surface area contributed by atoms with E-state index in [1.165, 1.54) is 0 Å². The van der Waals surface area contributed by atoms with Crippen molar-refractivity contribution in [2.24, 2.45) is 0 Å². The standard InChI is InChI=1S/C11H12N4O/c1-7-2-8(5-12)3-10(14-7)15-9-4-11(16)13-6-9/h2-3,9H,4,6H2,1H3,(H,13,16)(H,14,15). The minimum atomic E-state index is 0.0469. The summed E-state index contributed by atoms with van der Waals surface area (Å²) in [7, 11) is 0. The molecule has 5 nitrogen and oxygen atoms in total. The lowest BCUT2D eigenvalue weighted by molar-refractivity contribution is -0.119. The fourth-order valence-electron chi connectivity index (χ4n) is 1.72. The SMILES string of the molecule is Cc1cc(C#N)cc(NC2CNC(=O)C2)n1. The Morgan fingerprint density at radius 2 is 2.44 bits per heavy atom. The minimum Gasteiger partial charge on any atom is -0.365 e. The van der Waals surface area contributed by atoms with Gasteiger partial charge in [-0.2, -0.15) is 5.26 Å². The van der Waals surface area contributed by atoms with E-state index in [-0.39, 0.29) is 11.9 Å². The molecule has 1 saturated heterocycles. The van der Waals surface area contributed by atoms with Crippen LogP contribution in [-0.4, -0.2) is 23.5 Å². The molecule has 1 amide bonds. The van der Waals surface area contributed by atoms with Crippen LogP contribution < -0.4 is 10.6 Å². The summed E-state index contributed by atoms with van der Waals surface area (Å²) in [6.45, 7) is 2.44. The van der Waals surface area contributed by atoms with Crippen molar-refractivity contribution in [1.82, 2.24) is 10.3 Å². The average Bonchev–Trinajstić information content (AvgIpc) is 2.63. The first-order valence-electron chi connectivity index (χ1n) is 5.09. The van der Waals surface area contributed by atoms with Gasteiger partial charge in [0.1, 0.15) is 5.82 Å². The molecule has 1 unspecified atom stereocenters. The molecular formula is C11H12N4O. The van der Waals surface area contributed by atoms with E-state index in [9.17, 15) is 4.79 Å². The Morgan fingerprint density at radius 1 is 1.62 bits per heavy atom. The van der Waals surface area contributed by atoms with Crippen LogP contribution in [-0.2, 0) is 4.79 Å². The summed E-state index contributed by atoms with van der Waals surface area (Å²) in [5.74, 6) is 0.698. The Morgan fingerprint density at radius 3 is 3.06 bits per heavy atom. The summed E-state index contributed by atoms with van der Waals surface area (Å²) in [5, 5.41) is 14.7. The molecule has 1 fully saturated rings. The highest BCUT2D eigenvalue weighted by atomic mass is 16.1. The molecule has 1 atom stereocenters. The number of aromatic nitrogens is 1. The number of carbonyl (C=O) groups excluding carboxylic acids is 1. The summed E-state index contributed by atoms with van der Waals surface area (Å²) < 4.78 is 0. The van der Waals surface area contributed by atoms with Gasteiger partial charge < -0.3 is 10.6 Å². The fraction of sp³-hybridized carbons (Fsp3) is 0.364. The third kappa shape index (κ3) is 2.28. The van der Waals surface area contributed by atoms with E-state index < -0.39 is 0 Å². The van der Waals surface area contributed by atoms with E-state index in [1.54, 1.807) is 12.1 Å². The summed E-state index contributed by atoms with van der Waals surface area (Å²) in [6.07, 6.45) is 0.456. The molecule has 0 aromatic carbocycles. The largest absolute Gasteiger partial charge is 0.365 e. The maximum atomic E-state index is 11.0. The third-order valence-corrected chi connectivity index (χ3v) is 2.41. The Balaban J connectivity index is 2.12. The molecule has 1 aliphatic rings. The smallest absolute Gasteiger partial charge is 0.222 e. The molecule has 16 heavy (non-hydrogen) atoms. The summed E-state index contributed by atoms with van der Waals surface area (Å²) in [5.41, 5.74) is 1.37. The Bertz CT molecular complexity index is 464. The van der Waals surface area contributed by atoms with E-state index in [1.807, 2.05) is 6.92 Å². The number of hydrogen-bond donors (Lipinski definition) is 2. The second kappa shape index (κ2) is 4.19. The van der Waals surface area contributed by atoms with Crippen LogP contribution in [0.3, 0.4) is 0 Å². The highest BCUT2D eigenvalue weighted by Crippen LogP contribution is 2.12. The van der Waals surface area contributed by atoms with Gasteiger partial charge in [-0.25, -0.2) is 4.98 Å². The van der Waals surface area contributed by atoms with Crippen molar-refractivity contribution in [3.8, 4) is 6.07 Å². The number of nitrogens with zero attached hydrogens (tertiary/aromatic N) is 2. The lowest BCUT2D eigenvalue weighted by Gasteiger charge is -2.11. The van der Waals surface area contributed by atoms with Gasteiger partial charge in [-0.1, -0.05) is 0 Å². The second-order valence-corrected chi connectivity index (χ2v) is 3.84. The van der Waals surface area contributed by atoms with Gasteiger partial charge >= 0.3 is 0 Å². The first-order chi connectivity index (χ1) is 7.67. The summed E-state index contributed by atoms with van der Waals surface area (Å²) >= 11 is 0. The molecule has 1 aromatic heterocycles. The van der Waals surface area contributed by atoms with E-state index in [4.69, 9.17) is 5.26 Å². The van der Waals surface area contributed by atoms with E-state index >= 15 is 0 Å². The summed E-state index contributed by atoms with van der Waals surface area (Å²) in [4.78, 5) is 15.3. The van der Waals surface area contributed by atoms with E-state index in [2.05, 4.69) is 21.7 Å². The molecule has 0 radical (unpaired) electrons. The molecule has 0 bridgehead atoms. The number of hydrogen-bond acceptors (Lipinski definition) is 4. The average molecular weight is 216 g/mol. The Hall–Kier alpha value is -2.09. The van der Waals surface area contributed by atoms with Crippen molar-refractivity contribution in [2.45, 2.75) is 19.4 Å². The predicted octanol–water partition coefficient (Wildman–Crippen LogP) is 0.562. The molecule has 2 rings (SSSR count). The van der Waals surface area contributed by atoms with Crippen LogP contribution in [0.2, 0.25) is 0 Å². The van der Waals surface area contributed by atoms with Gasteiger partial charge in [-0.05, 0) is 19.1 Å². The highest BCUT2D eigenvalue weighted by molar-refractivity contribution is 5.79. The monoisotopic (exact) mass is 216 g/mol. The zero-order valence-corrected chi connectivity index (χ0v) is 8.95. The Labute approximate surface area is 93.5 Å². The zero-order chi connectivity index (χ0) is 11.5. The lowest BCUT2D eigenvalue weighted by Crippen LogP contribution is -2.23. The highest BCUT2D eigenvalue weighted by Gasteiger charge is 2.21. The van der Waals surface area contributed by atoms with Crippen LogP contribution in [0.25, 0.3) is 0 Å². The van der Waals surface area contributed by atoms with Gasteiger partial charge in [0.2, 0.25) is 5.91 Å². The maximum Gasteiger partial charge on any atom is 0.222 e. The molecule has 0 aliphatic carbocycles. The molecule has 0 spiro atoms. The fourth-order valence-corrected chi connectivity index (χ4v) is 1.72. The predicted molar refractivity (Wildman–Crippen MR) is 58.7 cm³/mol. The van der Waals surface area contributed by atoms with Crippen molar-refractivity contribution >= 4 is 11.7 Å². The minimum absolute atomic E-state index is 0.0469. The van der Waals surface area contributed by atoms with Gasteiger partial charge in [0.15, 0.2) is 0 Å². The van der Waals surface area contributed by atoms with Gasteiger partial charge in [-0.3, -0.25) is 4.79 Å². The molecule has 82 valence electrons. The first kappa shape index (κ1) is 10.4. The van der Waals surface area contributed by atoms with Gasteiger partial charge in [0.25, 0.3) is 0 Å². The van der Waals surface area contributed by atoms with Crippen molar-refractivity contribution in [3.05, 3.63) is 23.4 Å². The molecular weight excluding hydrogens is 204 g/mol. The molecule has 2 heterocycles. The molecule has 1 aromatic rings. The van der Waals surface area contributed by atoms with Gasteiger partial charge in [0.05, 0.1) is 17.7 Å². The second-order valence-electron chi connectivity index (χ2n) is 3.84. The van der Waals surface area contributed by atoms with Crippen LogP contribution >= 0.6 is 0 Å². The first-order valence-corrected chi connectivity index (χ1v) is 5.09. The van der Waals surface area contributed by atoms with Crippen molar-refractivity contribution in [1.29, 1.82) is 5.26 Å². The third-order valence-electron chi connectivity index (χ3n) is 2.41. The quantitative estimate of drug-likeness (QED) is 0.757. The van der Waals surface area contributed by atoms with Gasteiger partial charge in [-0.15, -0.1) is 0 Å². The van der Waals surface area contributed by atoms with Crippen LogP contribution in [0.1, 0.15) is 17.7 Å². The number of nitrogens with one attached hydrogen (secondary N) is 2. The van der Waals surface area contributed by atoms with Crippen LogP contribution in [0, 0.1) is 18.3 Å². The van der Waals surface area contributed by atoms with Gasteiger partial charge in [0, 0.05) is 18.7 Å². The normalized spacial score (nSPS) is 19.0. The number of nitriles is 1. The number of anilines is 1. The maximum absolute atomic E-state index is 11.0. The van der Waals surface area contributed by atoms with Crippen LogP contribution in [0.15, 0.2) is 12.1 Å². The molecule has 1 aliphatic heterocycles. The number of aryl methyl sites for hydroxylation is 1. The lowest BCUT2D eigenvalue weighted by atomic mass is 10.2. The van der Waals surface area contributed by atoms with Crippen molar-refractivity contribution in [2.75, 3.05) is 11.9 Å². The van der Waals surface area contributed by atoms with Crippen molar-refractivity contribution in [3.63, 3.8) is 0 Å². The van der Waals surface area contributed by atoms with Crippen LogP contribution in [0.5, 0.6) is 0 Å². The van der Waals surface area contributed by atoms with Crippen molar-refractivity contribution < 1.29 is 4.79 Å². The number of carbonyl (C=O) groups is 1. The number of rotatable bonds is 2. The molecule has 5 heteroatoms.